The zero-order valence-electron chi connectivity index (χ0n) is 15.0. The van der Waals surface area contributed by atoms with Gasteiger partial charge in [0.15, 0.2) is 0 Å². The molecule has 0 bridgehead atoms. The monoisotopic (exact) mass is 291 g/mol. The molecule has 0 aromatic heterocycles. The van der Waals surface area contributed by atoms with Gasteiger partial charge in [0.25, 0.3) is 0 Å². The quantitative estimate of drug-likeness (QED) is 0.448. The summed E-state index contributed by atoms with van der Waals surface area (Å²) >= 11 is 0. The van der Waals surface area contributed by atoms with E-state index in [-0.39, 0.29) is 5.91 Å². The van der Waals surface area contributed by atoms with E-state index in [1.54, 1.807) is 6.08 Å². The van der Waals surface area contributed by atoms with Gasteiger partial charge in [-0.1, -0.05) is 42.7 Å². The Kier molecular flexibility index (Phi) is 9.77. The van der Waals surface area contributed by atoms with E-state index in [2.05, 4.69) is 46.8 Å². The molecule has 0 aliphatic carbocycles. The van der Waals surface area contributed by atoms with Crippen LogP contribution in [0.2, 0.25) is 0 Å². The van der Waals surface area contributed by atoms with E-state index >= 15 is 0 Å². The second-order valence-corrected chi connectivity index (χ2v) is 6.73. The lowest BCUT2D eigenvalue weighted by Crippen LogP contribution is -2.33. The van der Waals surface area contributed by atoms with Crippen LogP contribution in [0, 0.1) is 5.92 Å². The molecule has 0 aromatic rings. The Morgan fingerprint density at radius 2 is 1.62 bits per heavy atom. The lowest BCUT2D eigenvalue weighted by molar-refractivity contribution is -0.126. The maximum Gasteiger partial charge on any atom is 0.246 e. The molecule has 0 atom stereocenters. The van der Waals surface area contributed by atoms with Crippen molar-refractivity contribution >= 4 is 5.91 Å². The Morgan fingerprint density at radius 1 is 1.00 bits per heavy atom. The zero-order chi connectivity index (χ0) is 16.4. The van der Waals surface area contributed by atoms with E-state index in [9.17, 15) is 4.79 Å². The maximum absolute atomic E-state index is 12.2. The van der Waals surface area contributed by atoms with Crippen molar-refractivity contribution in [1.82, 2.24) is 4.90 Å². The van der Waals surface area contributed by atoms with Crippen LogP contribution >= 0.6 is 0 Å². The number of carbonyl (C=O) groups is 1. The summed E-state index contributed by atoms with van der Waals surface area (Å²) in [4.78, 5) is 14.1. The molecule has 0 aromatic carbocycles. The molecule has 1 amide bonds. The molecule has 0 unspecified atom stereocenters. The first-order valence-electron chi connectivity index (χ1n) is 7.95. The molecule has 0 aliphatic heterocycles. The van der Waals surface area contributed by atoms with Gasteiger partial charge in [-0.2, -0.15) is 0 Å². The number of amides is 1. The fraction of sp³-hybridized carbons (Fsp3) is 0.632. The minimum absolute atomic E-state index is 0.122. The third-order valence-corrected chi connectivity index (χ3v) is 3.06. The lowest BCUT2D eigenvalue weighted by Gasteiger charge is -2.22. The molecule has 2 heteroatoms. The van der Waals surface area contributed by atoms with E-state index in [1.807, 2.05) is 18.7 Å². The molecule has 0 N–H and O–H groups in total. The van der Waals surface area contributed by atoms with Crippen molar-refractivity contribution in [2.45, 2.75) is 61.3 Å². The van der Waals surface area contributed by atoms with Crippen LogP contribution in [0.5, 0.6) is 0 Å². The van der Waals surface area contributed by atoms with Crippen molar-refractivity contribution in [3.8, 4) is 0 Å². The number of carbonyl (C=O) groups excluding carboxylic acids is 1. The minimum Gasteiger partial charge on any atom is -0.335 e. The highest BCUT2D eigenvalue weighted by molar-refractivity contribution is 5.88. The smallest absolute Gasteiger partial charge is 0.246 e. The zero-order valence-corrected chi connectivity index (χ0v) is 15.0. The fourth-order valence-corrected chi connectivity index (χ4v) is 1.99. The van der Waals surface area contributed by atoms with Gasteiger partial charge in [-0.3, -0.25) is 4.79 Å². The normalized spacial score (nSPS) is 11.3. The Balaban J connectivity index is 4.63. The highest BCUT2D eigenvalue weighted by atomic mass is 16.2. The molecule has 0 saturated carbocycles. The number of hydrogen-bond acceptors (Lipinski definition) is 1. The van der Waals surface area contributed by atoms with Gasteiger partial charge < -0.3 is 4.90 Å². The van der Waals surface area contributed by atoms with Gasteiger partial charge in [-0.05, 0) is 53.4 Å². The maximum atomic E-state index is 12.2. The van der Waals surface area contributed by atoms with Crippen LogP contribution in [0.3, 0.4) is 0 Å². The van der Waals surface area contributed by atoms with Crippen LogP contribution in [0.4, 0.5) is 0 Å². The van der Waals surface area contributed by atoms with Crippen LogP contribution in [0.1, 0.15) is 61.3 Å². The molecule has 0 heterocycles. The SMILES string of the molecule is CC(C)=CCCC(C)=CCN(CC(C)C)C(=O)C=C(C)C. The van der Waals surface area contributed by atoms with Gasteiger partial charge in [0, 0.05) is 19.2 Å². The summed E-state index contributed by atoms with van der Waals surface area (Å²) in [6.07, 6.45) is 8.33. The van der Waals surface area contributed by atoms with Crippen LogP contribution in [0.15, 0.2) is 34.9 Å². The molecular weight excluding hydrogens is 258 g/mol. The van der Waals surface area contributed by atoms with Gasteiger partial charge in [0.05, 0.1) is 0 Å². The van der Waals surface area contributed by atoms with Crippen molar-refractivity contribution in [3.63, 3.8) is 0 Å². The van der Waals surface area contributed by atoms with Crippen LogP contribution in [0.25, 0.3) is 0 Å². The molecule has 0 fully saturated rings. The third-order valence-electron chi connectivity index (χ3n) is 3.06. The second-order valence-electron chi connectivity index (χ2n) is 6.73. The summed E-state index contributed by atoms with van der Waals surface area (Å²) in [5.74, 6) is 0.607. The van der Waals surface area contributed by atoms with Gasteiger partial charge in [-0.25, -0.2) is 0 Å². The summed E-state index contributed by atoms with van der Waals surface area (Å²) in [7, 11) is 0. The Labute approximate surface area is 131 Å². The number of hydrogen-bond donors (Lipinski definition) is 0. The summed E-state index contributed by atoms with van der Waals surface area (Å²) in [6.45, 7) is 16.1. The molecule has 21 heavy (non-hydrogen) atoms. The van der Waals surface area contributed by atoms with Crippen molar-refractivity contribution < 1.29 is 4.79 Å². The van der Waals surface area contributed by atoms with Gasteiger partial charge in [0.2, 0.25) is 5.91 Å². The highest BCUT2D eigenvalue weighted by Crippen LogP contribution is 2.08. The summed E-state index contributed by atoms with van der Waals surface area (Å²) < 4.78 is 0. The van der Waals surface area contributed by atoms with Crippen molar-refractivity contribution in [2.24, 2.45) is 5.92 Å². The number of rotatable bonds is 8. The van der Waals surface area contributed by atoms with E-state index in [0.717, 1.165) is 25.0 Å². The van der Waals surface area contributed by atoms with Gasteiger partial charge in [0.1, 0.15) is 0 Å². The average molecular weight is 291 g/mol. The predicted molar refractivity (Wildman–Crippen MR) is 93.3 cm³/mol. The number of nitrogens with zero attached hydrogens (tertiary/aromatic N) is 1. The molecule has 0 spiro atoms. The van der Waals surface area contributed by atoms with E-state index in [4.69, 9.17) is 0 Å². The summed E-state index contributed by atoms with van der Waals surface area (Å²) in [5.41, 5.74) is 3.77. The van der Waals surface area contributed by atoms with Gasteiger partial charge >= 0.3 is 0 Å². The largest absolute Gasteiger partial charge is 0.335 e. The van der Waals surface area contributed by atoms with Crippen molar-refractivity contribution in [2.75, 3.05) is 13.1 Å². The number of allylic oxidation sites excluding steroid dienone is 4. The predicted octanol–water partition coefficient (Wildman–Crippen LogP) is 5.13. The van der Waals surface area contributed by atoms with Crippen molar-refractivity contribution in [1.29, 1.82) is 0 Å². The standard InChI is InChI=1S/C19H33NO/c1-15(2)9-8-10-18(7)11-12-20(14-17(5)6)19(21)13-16(3)4/h9,11,13,17H,8,10,12,14H2,1-7H3. The van der Waals surface area contributed by atoms with Crippen LogP contribution in [-0.4, -0.2) is 23.9 Å². The first-order chi connectivity index (χ1) is 9.72. The van der Waals surface area contributed by atoms with E-state index in [0.29, 0.717) is 12.5 Å². The fourth-order valence-electron chi connectivity index (χ4n) is 1.99. The molecule has 120 valence electrons. The first kappa shape index (κ1) is 19.7. The molecule has 0 saturated heterocycles. The molecule has 2 nitrogen and oxygen atoms in total. The second kappa shape index (κ2) is 10.4. The van der Waals surface area contributed by atoms with Gasteiger partial charge in [-0.15, -0.1) is 0 Å². The Bertz CT molecular complexity index is 405. The lowest BCUT2D eigenvalue weighted by atomic mass is 10.1. The molecule has 0 aliphatic rings. The molecule has 0 rings (SSSR count). The Hall–Kier alpha value is -1.31. The van der Waals surface area contributed by atoms with Crippen LogP contribution < -0.4 is 0 Å². The molecule has 0 radical (unpaired) electrons. The third kappa shape index (κ3) is 11.1. The summed E-state index contributed by atoms with van der Waals surface area (Å²) in [6, 6.07) is 0. The average Bonchev–Trinajstić information content (AvgIpc) is 2.32. The van der Waals surface area contributed by atoms with E-state index < -0.39 is 0 Å². The van der Waals surface area contributed by atoms with E-state index in [1.165, 1.54) is 11.1 Å². The summed E-state index contributed by atoms with van der Waals surface area (Å²) in [5, 5.41) is 0. The molecular formula is C19H33NO. The van der Waals surface area contributed by atoms with Crippen LogP contribution in [-0.2, 0) is 4.79 Å². The minimum atomic E-state index is 0.122. The first-order valence-corrected chi connectivity index (χ1v) is 7.95. The van der Waals surface area contributed by atoms with Crippen molar-refractivity contribution in [3.05, 3.63) is 34.9 Å². The topological polar surface area (TPSA) is 20.3 Å². The highest BCUT2D eigenvalue weighted by Gasteiger charge is 2.11. The Morgan fingerprint density at radius 3 is 2.10 bits per heavy atom.